The van der Waals surface area contributed by atoms with Gasteiger partial charge in [-0.3, -0.25) is 19.0 Å². The predicted molar refractivity (Wildman–Crippen MR) is 144 cm³/mol. The minimum atomic E-state index is -0.381. The lowest BCUT2D eigenvalue weighted by Gasteiger charge is -2.07. The van der Waals surface area contributed by atoms with Crippen LogP contribution in [0, 0.1) is 6.92 Å². The van der Waals surface area contributed by atoms with Crippen molar-refractivity contribution in [2.75, 3.05) is 5.32 Å². The number of nitrogens with zero attached hydrogens (tertiary/aromatic N) is 4. The maximum Gasteiger partial charge on any atom is 0.295 e. The van der Waals surface area contributed by atoms with Crippen LogP contribution >= 0.6 is 11.3 Å². The Labute approximate surface area is 212 Å². The highest BCUT2D eigenvalue weighted by molar-refractivity contribution is 7.13. The van der Waals surface area contributed by atoms with E-state index in [1.807, 2.05) is 83.8 Å². The molecule has 36 heavy (non-hydrogen) atoms. The topological polar surface area (TPSA) is 73.8 Å². The molecule has 2 aromatic carbocycles. The van der Waals surface area contributed by atoms with Crippen LogP contribution in [0.4, 0.5) is 5.69 Å². The van der Waals surface area contributed by atoms with Crippen molar-refractivity contribution < 1.29 is 4.79 Å². The summed E-state index contributed by atoms with van der Waals surface area (Å²) in [5, 5.41) is 9.55. The van der Waals surface area contributed by atoms with Gasteiger partial charge in [0.2, 0.25) is 5.91 Å². The SMILES string of the molecule is Cc1c(NC(=O)/C=C/c2cn(Cc3ccccc3)nc2-c2cccs2)c(=O)n(-c2ccccc2)n1C. The lowest BCUT2D eigenvalue weighted by atomic mass is 10.2. The Hall–Kier alpha value is -4.43. The van der Waals surface area contributed by atoms with E-state index in [2.05, 4.69) is 17.4 Å². The summed E-state index contributed by atoms with van der Waals surface area (Å²) >= 11 is 1.60. The highest BCUT2D eigenvalue weighted by Gasteiger charge is 2.17. The molecule has 0 atom stereocenters. The molecule has 3 aromatic heterocycles. The normalized spacial score (nSPS) is 11.3. The molecule has 180 valence electrons. The lowest BCUT2D eigenvalue weighted by Crippen LogP contribution is -2.22. The van der Waals surface area contributed by atoms with Crippen molar-refractivity contribution in [2.24, 2.45) is 7.05 Å². The van der Waals surface area contributed by atoms with Gasteiger partial charge in [-0.25, -0.2) is 4.68 Å². The van der Waals surface area contributed by atoms with Crippen LogP contribution in [0.1, 0.15) is 16.8 Å². The van der Waals surface area contributed by atoms with Gasteiger partial charge in [0.1, 0.15) is 11.4 Å². The summed E-state index contributed by atoms with van der Waals surface area (Å²) in [6, 6.07) is 23.4. The molecule has 0 radical (unpaired) electrons. The van der Waals surface area contributed by atoms with Crippen molar-refractivity contribution in [2.45, 2.75) is 13.5 Å². The second-order valence-electron chi connectivity index (χ2n) is 8.35. The van der Waals surface area contributed by atoms with Gasteiger partial charge in [-0.15, -0.1) is 11.3 Å². The predicted octanol–water partition coefficient (Wildman–Crippen LogP) is 5.11. The summed E-state index contributed by atoms with van der Waals surface area (Å²) < 4.78 is 5.15. The summed E-state index contributed by atoms with van der Waals surface area (Å²) in [5.41, 5.74) is 4.16. The third-order valence-corrected chi connectivity index (χ3v) is 6.83. The Morgan fingerprint density at radius 1 is 1.03 bits per heavy atom. The van der Waals surface area contributed by atoms with Crippen LogP contribution in [-0.2, 0) is 18.4 Å². The van der Waals surface area contributed by atoms with E-state index in [0.717, 1.165) is 27.4 Å². The molecule has 3 heterocycles. The van der Waals surface area contributed by atoms with Crippen LogP contribution < -0.4 is 10.9 Å². The Morgan fingerprint density at radius 3 is 2.44 bits per heavy atom. The number of carbonyl (C=O) groups excluding carboxylic acids is 1. The number of nitrogens with one attached hydrogen (secondary N) is 1. The van der Waals surface area contributed by atoms with E-state index in [-0.39, 0.29) is 17.2 Å². The number of rotatable bonds is 7. The van der Waals surface area contributed by atoms with Crippen molar-refractivity contribution in [3.63, 3.8) is 0 Å². The number of hydrogen-bond donors (Lipinski definition) is 1. The standard InChI is InChI=1S/C28H25N5O2S/c1-20-26(28(35)33(31(20)2)23-12-7-4-8-13-23)29-25(34)16-15-22-19-32(18-21-10-5-3-6-11-21)30-27(22)24-14-9-17-36-24/h3-17,19H,18H2,1-2H3,(H,29,34)/b16-15+. The molecule has 5 aromatic rings. The maximum absolute atomic E-state index is 13.1. The van der Waals surface area contributed by atoms with Crippen LogP contribution in [0.25, 0.3) is 22.3 Å². The molecule has 0 saturated heterocycles. The molecular weight excluding hydrogens is 470 g/mol. The van der Waals surface area contributed by atoms with Gasteiger partial charge >= 0.3 is 0 Å². The molecule has 0 unspecified atom stereocenters. The molecule has 0 spiro atoms. The van der Waals surface area contributed by atoms with E-state index in [4.69, 9.17) is 5.10 Å². The van der Waals surface area contributed by atoms with Gasteiger partial charge in [-0.1, -0.05) is 54.6 Å². The van der Waals surface area contributed by atoms with E-state index >= 15 is 0 Å². The zero-order valence-electron chi connectivity index (χ0n) is 20.0. The average Bonchev–Trinajstić information content (AvgIpc) is 3.61. The smallest absolute Gasteiger partial charge is 0.295 e. The van der Waals surface area contributed by atoms with Crippen molar-refractivity contribution >= 4 is 29.0 Å². The Bertz CT molecular complexity index is 1580. The first-order chi connectivity index (χ1) is 17.5. The fourth-order valence-electron chi connectivity index (χ4n) is 4.06. The highest BCUT2D eigenvalue weighted by Crippen LogP contribution is 2.28. The molecule has 0 bridgehead atoms. The number of carbonyl (C=O) groups is 1. The first-order valence-corrected chi connectivity index (χ1v) is 12.4. The second-order valence-corrected chi connectivity index (χ2v) is 9.30. The average molecular weight is 496 g/mol. The minimum absolute atomic E-state index is 0.259. The van der Waals surface area contributed by atoms with Gasteiger partial charge in [0.05, 0.1) is 22.8 Å². The lowest BCUT2D eigenvalue weighted by molar-refractivity contribution is -0.111. The molecule has 0 aliphatic carbocycles. The number of aromatic nitrogens is 4. The van der Waals surface area contributed by atoms with Gasteiger partial charge < -0.3 is 5.32 Å². The summed E-state index contributed by atoms with van der Waals surface area (Å²) in [6.45, 7) is 2.43. The summed E-state index contributed by atoms with van der Waals surface area (Å²) in [4.78, 5) is 27.0. The third-order valence-electron chi connectivity index (χ3n) is 5.95. The van der Waals surface area contributed by atoms with Crippen molar-refractivity contribution in [1.29, 1.82) is 0 Å². The van der Waals surface area contributed by atoms with Crippen LogP contribution in [-0.4, -0.2) is 25.1 Å². The second kappa shape index (κ2) is 10.1. The number of para-hydroxylation sites is 1. The van der Waals surface area contributed by atoms with Gasteiger partial charge in [0.15, 0.2) is 0 Å². The fourth-order valence-corrected chi connectivity index (χ4v) is 4.79. The van der Waals surface area contributed by atoms with Gasteiger partial charge in [0.25, 0.3) is 5.56 Å². The van der Waals surface area contributed by atoms with E-state index in [9.17, 15) is 9.59 Å². The largest absolute Gasteiger partial charge is 0.316 e. The number of thiophene rings is 1. The zero-order valence-corrected chi connectivity index (χ0v) is 20.8. The number of hydrogen-bond acceptors (Lipinski definition) is 4. The highest BCUT2D eigenvalue weighted by atomic mass is 32.1. The fraction of sp³-hybridized carbons (Fsp3) is 0.107. The quantitative estimate of drug-likeness (QED) is 0.319. The molecule has 0 aliphatic rings. The maximum atomic E-state index is 13.1. The van der Waals surface area contributed by atoms with Crippen LogP contribution in [0.3, 0.4) is 0 Å². The minimum Gasteiger partial charge on any atom is -0.316 e. The first kappa shape index (κ1) is 23.3. The third kappa shape index (κ3) is 4.71. The molecule has 0 saturated carbocycles. The summed E-state index contributed by atoms with van der Waals surface area (Å²) in [7, 11) is 1.80. The number of amides is 1. The van der Waals surface area contributed by atoms with Gasteiger partial charge in [0, 0.05) is 24.9 Å². The summed E-state index contributed by atoms with van der Waals surface area (Å²) in [5.74, 6) is -0.381. The molecule has 7 nitrogen and oxygen atoms in total. The van der Waals surface area contributed by atoms with Crippen molar-refractivity contribution in [3.8, 4) is 16.3 Å². The first-order valence-electron chi connectivity index (χ1n) is 11.5. The zero-order chi connectivity index (χ0) is 25.1. The van der Waals surface area contributed by atoms with Gasteiger partial charge in [-0.05, 0) is 42.1 Å². The van der Waals surface area contributed by atoms with Crippen LogP contribution in [0.2, 0.25) is 0 Å². The Morgan fingerprint density at radius 2 is 1.75 bits per heavy atom. The molecular formula is C28H25N5O2S. The van der Waals surface area contributed by atoms with E-state index in [0.29, 0.717) is 12.2 Å². The molecule has 1 amide bonds. The van der Waals surface area contributed by atoms with E-state index < -0.39 is 0 Å². The molecule has 0 fully saturated rings. The van der Waals surface area contributed by atoms with Crippen molar-refractivity contribution in [1.82, 2.24) is 19.1 Å². The van der Waals surface area contributed by atoms with Crippen LogP contribution in [0.15, 0.2) is 95.2 Å². The van der Waals surface area contributed by atoms with E-state index in [1.54, 1.807) is 29.1 Å². The summed E-state index contributed by atoms with van der Waals surface area (Å²) in [6.07, 6.45) is 5.12. The van der Waals surface area contributed by atoms with Crippen LogP contribution in [0.5, 0.6) is 0 Å². The molecule has 5 rings (SSSR count). The Balaban J connectivity index is 1.41. The van der Waals surface area contributed by atoms with Gasteiger partial charge in [-0.2, -0.15) is 5.10 Å². The number of benzene rings is 2. The van der Waals surface area contributed by atoms with E-state index in [1.165, 1.54) is 10.8 Å². The molecule has 8 heteroatoms. The monoisotopic (exact) mass is 495 g/mol. The van der Waals surface area contributed by atoms with Crippen molar-refractivity contribution in [3.05, 3.63) is 118 Å². The molecule has 1 N–H and O–H groups in total. The number of anilines is 1. The molecule has 0 aliphatic heterocycles. The Kier molecular flexibility index (Phi) is 6.51.